The van der Waals surface area contributed by atoms with Gasteiger partial charge in [-0.05, 0) is 12.1 Å². The minimum absolute atomic E-state index is 0.0386. The van der Waals surface area contributed by atoms with Crippen LogP contribution in [-0.4, -0.2) is 28.0 Å². The van der Waals surface area contributed by atoms with Gasteiger partial charge < -0.3 is 14.9 Å². The molecule has 0 bridgehead atoms. The molecule has 0 aliphatic heterocycles. The fourth-order valence-corrected chi connectivity index (χ4v) is 3.17. The molecule has 1 heterocycles. The van der Waals surface area contributed by atoms with E-state index in [-0.39, 0.29) is 23.0 Å². The van der Waals surface area contributed by atoms with Gasteiger partial charge in [0, 0.05) is 16.5 Å². The standard InChI is InChI=1S/C18H13N3O3S/c1-24-17-14(22)7-12(8-15(17)23)16(20-10-19)13-9-25-18(21-13)11-5-3-2-4-6-11/h2-9,22-23H,1H3/b20-16+. The van der Waals surface area contributed by atoms with Crippen LogP contribution < -0.4 is 4.74 Å². The van der Waals surface area contributed by atoms with Crippen molar-refractivity contribution in [1.29, 1.82) is 5.26 Å². The van der Waals surface area contributed by atoms with Gasteiger partial charge in [0.2, 0.25) is 11.9 Å². The lowest BCUT2D eigenvalue weighted by Crippen LogP contribution is -2.04. The minimum Gasteiger partial charge on any atom is -0.504 e. The number of nitrogens with zero attached hydrogens (tertiary/aromatic N) is 3. The Morgan fingerprint density at radius 1 is 1.20 bits per heavy atom. The summed E-state index contributed by atoms with van der Waals surface area (Å²) in [4.78, 5) is 8.33. The molecule has 0 unspecified atom stereocenters. The number of thiazole rings is 1. The Morgan fingerprint density at radius 2 is 1.88 bits per heavy atom. The summed E-state index contributed by atoms with van der Waals surface area (Å²) in [7, 11) is 1.34. The first kappa shape index (κ1) is 16.5. The van der Waals surface area contributed by atoms with Crippen molar-refractivity contribution in [2.24, 2.45) is 4.99 Å². The van der Waals surface area contributed by atoms with Crippen molar-refractivity contribution in [3.63, 3.8) is 0 Å². The highest BCUT2D eigenvalue weighted by molar-refractivity contribution is 7.13. The summed E-state index contributed by atoms with van der Waals surface area (Å²) in [5.74, 6) is -0.536. The quantitative estimate of drug-likeness (QED) is 0.553. The summed E-state index contributed by atoms with van der Waals surface area (Å²) >= 11 is 1.42. The van der Waals surface area contributed by atoms with Crippen LogP contribution in [0.5, 0.6) is 17.2 Å². The van der Waals surface area contributed by atoms with Gasteiger partial charge in [-0.1, -0.05) is 30.3 Å². The molecule has 0 fully saturated rings. The van der Waals surface area contributed by atoms with Gasteiger partial charge >= 0.3 is 0 Å². The van der Waals surface area contributed by atoms with Crippen molar-refractivity contribution in [2.75, 3.05) is 7.11 Å². The number of aromatic nitrogens is 1. The zero-order valence-electron chi connectivity index (χ0n) is 13.2. The summed E-state index contributed by atoms with van der Waals surface area (Å²) in [5, 5.41) is 31.5. The SMILES string of the molecule is COc1c(O)cc(/C(=N\C#N)c2csc(-c3ccccc3)n2)cc1O. The molecule has 124 valence electrons. The Balaban J connectivity index is 2.06. The molecule has 0 amide bonds. The number of methoxy groups -OCH3 is 1. The largest absolute Gasteiger partial charge is 0.504 e. The average molecular weight is 351 g/mol. The fraction of sp³-hybridized carbons (Fsp3) is 0.0556. The van der Waals surface area contributed by atoms with Crippen molar-refractivity contribution in [3.05, 3.63) is 59.1 Å². The van der Waals surface area contributed by atoms with Gasteiger partial charge in [-0.25, -0.2) is 4.98 Å². The second kappa shape index (κ2) is 7.03. The second-order valence-electron chi connectivity index (χ2n) is 5.01. The minimum atomic E-state index is -0.248. The monoisotopic (exact) mass is 351 g/mol. The zero-order chi connectivity index (χ0) is 17.8. The van der Waals surface area contributed by atoms with E-state index < -0.39 is 0 Å². The van der Waals surface area contributed by atoms with E-state index in [9.17, 15) is 10.2 Å². The van der Waals surface area contributed by atoms with E-state index in [0.717, 1.165) is 10.6 Å². The number of ether oxygens (including phenoxy) is 1. The summed E-state index contributed by atoms with van der Waals surface area (Å²) < 4.78 is 4.92. The lowest BCUT2D eigenvalue weighted by atomic mass is 10.1. The Hall–Kier alpha value is -3.37. The molecule has 0 saturated heterocycles. The number of nitriles is 1. The summed E-state index contributed by atoms with van der Waals surface area (Å²) in [6, 6.07) is 12.4. The van der Waals surface area contributed by atoms with Crippen LogP contribution in [0.3, 0.4) is 0 Å². The lowest BCUT2D eigenvalue weighted by molar-refractivity contribution is 0.344. The highest BCUT2D eigenvalue weighted by Crippen LogP contribution is 2.37. The van der Waals surface area contributed by atoms with Gasteiger partial charge in [-0.3, -0.25) is 0 Å². The van der Waals surface area contributed by atoms with Crippen LogP contribution in [0.4, 0.5) is 0 Å². The highest BCUT2D eigenvalue weighted by Gasteiger charge is 2.17. The number of hydrogen-bond donors (Lipinski definition) is 2. The molecule has 2 aromatic carbocycles. The first-order valence-corrected chi connectivity index (χ1v) is 8.10. The van der Waals surface area contributed by atoms with Gasteiger partial charge in [0.05, 0.1) is 7.11 Å². The topological polar surface area (TPSA) is 98.7 Å². The predicted octanol–water partition coefficient (Wildman–Crippen LogP) is 3.55. The molecule has 0 aliphatic carbocycles. The van der Waals surface area contributed by atoms with Gasteiger partial charge in [-0.15, -0.1) is 11.3 Å². The van der Waals surface area contributed by atoms with Gasteiger partial charge in [0.25, 0.3) is 0 Å². The van der Waals surface area contributed by atoms with Crippen LogP contribution in [0.25, 0.3) is 10.6 Å². The Morgan fingerprint density at radius 3 is 2.48 bits per heavy atom. The molecule has 25 heavy (non-hydrogen) atoms. The number of phenols is 2. The van der Waals surface area contributed by atoms with Crippen LogP contribution in [0.2, 0.25) is 0 Å². The molecule has 7 heteroatoms. The average Bonchev–Trinajstić information content (AvgIpc) is 3.10. The molecular formula is C18H13N3O3S. The van der Waals surface area contributed by atoms with E-state index in [1.807, 2.05) is 30.3 Å². The highest BCUT2D eigenvalue weighted by atomic mass is 32.1. The number of hydrogen-bond acceptors (Lipinski definition) is 7. The van der Waals surface area contributed by atoms with Gasteiger partial charge in [0.15, 0.2) is 11.5 Å². The number of benzene rings is 2. The molecular weight excluding hydrogens is 338 g/mol. The van der Waals surface area contributed by atoms with Crippen LogP contribution in [0, 0.1) is 11.5 Å². The molecule has 2 N–H and O–H groups in total. The first-order chi connectivity index (χ1) is 12.1. The van der Waals surface area contributed by atoms with Crippen molar-refractivity contribution in [3.8, 4) is 34.0 Å². The maximum atomic E-state index is 9.98. The molecule has 0 aliphatic rings. The molecule has 3 rings (SSSR count). The van der Waals surface area contributed by atoms with E-state index in [1.54, 1.807) is 11.6 Å². The molecule has 1 aromatic heterocycles. The summed E-state index contributed by atoms with van der Waals surface area (Å²) in [6.45, 7) is 0. The Kier molecular flexibility index (Phi) is 4.64. The normalized spacial score (nSPS) is 11.1. The molecule has 0 atom stereocenters. The van der Waals surface area contributed by atoms with E-state index in [0.29, 0.717) is 11.3 Å². The maximum Gasteiger partial charge on any atom is 0.206 e. The fourth-order valence-electron chi connectivity index (χ4n) is 2.36. The van der Waals surface area contributed by atoms with E-state index >= 15 is 0 Å². The number of aromatic hydroxyl groups is 2. The Labute approximate surface area is 147 Å². The van der Waals surface area contributed by atoms with Crippen LogP contribution in [0.1, 0.15) is 11.3 Å². The van der Waals surface area contributed by atoms with Crippen LogP contribution in [-0.2, 0) is 0 Å². The molecule has 6 nitrogen and oxygen atoms in total. The number of aliphatic imine (C=N–C) groups is 1. The third kappa shape index (κ3) is 3.29. The third-order valence-corrected chi connectivity index (χ3v) is 4.35. The van der Waals surface area contributed by atoms with Crippen molar-refractivity contribution in [2.45, 2.75) is 0 Å². The number of phenolic OH excluding ortho intramolecular Hbond substituents is 2. The van der Waals surface area contributed by atoms with Gasteiger partial charge in [-0.2, -0.15) is 10.3 Å². The van der Waals surface area contributed by atoms with E-state index in [1.165, 1.54) is 30.6 Å². The predicted molar refractivity (Wildman–Crippen MR) is 95.1 cm³/mol. The molecule has 0 spiro atoms. The maximum absolute atomic E-state index is 9.98. The lowest BCUT2D eigenvalue weighted by Gasteiger charge is -2.09. The van der Waals surface area contributed by atoms with E-state index in [4.69, 9.17) is 10.00 Å². The second-order valence-corrected chi connectivity index (χ2v) is 5.87. The number of rotatable bonds is 4. The van der Waals surface area contributed by atoms with Crippen LogP contribution >= 0.6 is 11.3 Å². The van der Waals surface area contributed by atoms with Crippen molar-refractivity contribution < 1.29 is 14.9 Å². The van der Waals surface area contributed by atoms with Crippen molar-refractivity contribution in [1.82, 2.24) is 4.98 Å². The Bertz CT molecular complexity index is 952. The molecule has 3 aromatic rings. The molecule has 0 saturated carbocycles. The summed E-state index contributed by atoms with van der Waals surface area (Å²) in [6.07, 6.45) is 1.74. The zero-order valence-corrected chi connectivity index (χ0v) is 14.0. The molecule has 0 radical (unpaired) electrons. The third-order valence-electron chi connectivity index (χ3n) is 3.46. The van der Waals surface area contributed by atoms with Crippen LogP contribution in [0.15, 0.2) is 52.8 Å². The first-order valence-electron chi connectivity index (χ1n) is 7.22. The smallest absolute Gasteiger partial charge is 0.206 e. The summed E-state index contributed by atoms with van der Waals surface area (Å²) in [5.41, 5.74) is 2.06. The van der Waals surface area contributed by atoms with Gasteiger partial charge in [0.1, 0.15) is 16.4 Å². The van der Waals surface area contributed by atoms with E-state index in [2.05, 4.69) is 9.98 Å². The van der Waals surface area contributed by atoms with Crippen molar-refractivity contribution >= 4 is 17.0 Å².